The molecule has 0 saturated carbocycles. The number of hydrogen-bond acceptors (Lipinski definition) is 5. The Morgan fingerprint density at radius 2 is 2.50 bits per heavy atom. The first-order valence-corrected chi connectivity index (χ1v) is 3.79. The summed E-state index contributed by atoms with van der Waals surface area (Å²) in [6, 6.07) is 0. The Labute approximate surface area is 72.9 Å². The van der Waals surface area contributed by atoms with E-state index in [2.05, 4.69) is 9.71 Å². The van der Waals surface area contributed by atoms with Gasteiger partial charge in [-0.1, -0.05) is 0 Å². The molecular weight excluding hydrogens is 178 g/mol. The summed E-state index contributed by atoms with van der Waals surface area (Å²) >= 11 is 0.913. The third-order valence-electron chi connectivity index (χ3n) is 1.19. The van der Waals surface area contributed by atoms with Gasteiger partial charge in [0.2, 0.25) is 5.39 Å². The van der Waals surface area contributed by atoms with E-state index in [0.717, 1.165) is 11.8 Å². The predicted octanol–water partition coefficient (Wildman–Crippen LogP) is 0.623. The van der Waals surface area contributed by atoms with Crippen molar-refractivity contribution in [2.75, 3.05) is 7.11 Å². The van der Waals surface area contributed by atoms with Gasteiger partial charge in [-0.25, -0.2) is 0 Å². The van der Waals surface area contributed by atoms with Gasteiger partial charge in [-0.15, -0.1) is 0 Å². The number of nitrogens with zero attached hydrogens (tertiary/aromatic N) is 2. The molecule has 0 atom stereocenters. The van der Waals surface area contributed by atoms with Crippen molar-refractivity contribution >= 4 is 17.5 Å². The van der Waals surface area contributed by atoms with E-state index < -0.39 is 5.95 Å². The van der Waals surface area contributed by atoms with Crippen LogP contribution in [0.4, 0.5) is 0 Å². The molecule has 1 aliphatic rings. The van der Waals surface area contributed by atoms with Gasteiger partial charge in [0.1, 0.15) is 0 Å². The average molecular weight is 183 g/mol. The first-order valence-electron chi connectivity index (χ1n) is 2.98. The van der Waals surface area contributed by atoms with Crippen molar-refractivity contribution in [3.05, 3.63) is 26.9 Å². The van der Waals surface area contributed by atoms with Crippen LogP contribution < -0.4 is 5.11 Å². The van der Waals surface area contributed by atoms with E-state index in [4.69, 9.17) is 10.8 Å². The summed E-state index contributed by atoms with van der Waals surface area (Å²) in [5, 5.41) is 26.7. The Hall–Kier alpha value is -1.48. The van der Waals surface area contributed by atoms with Crippen LogP contribution in [-0.2, 0) is 4.74 Å². The minimum atomic E-state index is -0.583. The van der Waals surface area contributed by atoms with Crippen LogP contribution in [0.25, 0.3) is 4.98 Å². The second-order valence-corrected chi connectivity index (χ2v) is 2.95. The average Bonchev–Trinajstić information content (AvgIpc) is 2.45. The summed E-state index contributed by atoms with van der Waals surface area (Å²) in [6.07, 6.45) is 1.29. The van der Waals surface area contributed by atoms with Gasteiger partial charge in [0.05, 0.1) is 22.6 Å². The lowest BCUT2D eigenvalue weighted by Gasteiger charge is -2.10. The van der Waals surface area contributed by atoms with Gasteiger partial charge in [-0.05, 0) is 7.11 Å². The number of thioether (sulfide) groups is 1. The van der Waals surface area contributed by atoms with Crippen LogP contribution in [0.15, 0.2) is 22.0 Å². The molecule has 1 aliphatic heterocycles. The van der Waals surface area contributed by atoms with Gasteiger partial charge in [0.15, 0.2) is 4.98 Å². The number of allylic oxidation sites excluding steroid dienone is 2. The molecule has 0 amide bonds. The maximum atomic E-state index is 10.9. The number of hydrogen-bond donors (Lipinski definition) is 1. The molecular formula is C6H5N3O2S. The normalized spacial score (nSPS) is 20.0. The Kier molecular flexibility index (Phi) is 2.35. The van der Waals surface area contributed by atoms with Crippen molar-refractivity contribution in [3.63, 3.8) is 0 Å². The number of rotatable bonds is 1. The second kappa shape index (κ2) is 3.28. The molecule has 0 aromatic rings. The lowest BCUT2D eigenvalue weighted by molar-refractivity contribution is -0.353. The zero-order valence-corrected chi connectivity index (χ0v) is 7.01. The third-order valence-corrected chi connectivity index (χ3v) is 2.19. The quantitative estimate of drug-likeness (QED) is 0.477. The molecule has 0 aromatic carbocycles. The molecule has 1 heterocycles. The number of diazo groups is 1. The van der Waals surface area contributed by atoms with E-state index in [-0.39, 0.29) is 15.6 Å². The Bertz CT molecular complexity index is 326. The van der Waals surface area contributed by atoms with Crippen molar-refractivity contribution in [3.8, 4) is 0 Å². The fraction of sp³-hybridized carbons (Fsp3) is 0.167. The maximum absolute atomic E-state index is 10.9. The fourth-order valence-electron chi connectivity index (χ4n) is 0.672. The lowest BCUT2D eigenvalue weighted by Crippen LogP contribution is -2.10. The van der Waals surface area contributed by atoms with Gasteiger partial charge < -0.3 is 9.84 Å². The predicted molar refractivity (Wildman–Crippen MR) is 42.5 cm³/mol. The molecule has 0 fully saturated rings. The van der Waals surface area contributed by atoms with Crippen LogP contribution in [0.3, 0.4) is 0 Å². The molecule has 0 saturated heterocycles. The Morgan fingerprint density at radius 1 is 1.83 bits per heavy atom. The summed E-state index contributed by atoms with van der Waals surface area (Å²) in [6.45, 7) is 0. The highest BCUT2D eigenvalue weighted by Gasteiger charge is 2.27. The Balaban J connectivity index is 2.94. The van der Waals surface area contributed by atoms with Crippen LogP contribution in [0, 0.1) is 10.8 Å². The molecule has 1 N–H and O–H groups in total. The van der Waals surface area contributed by atoms with Crippen molar-refractivity contribution in [1.82, 2.24) is 0 Å². The summed E-state index contributed by atoms with van der Waals surface area (Å²) < 4.78 is 4.40. The first kappa shape index (κ1) is 8.62. The van der Waals surface area contributed by atoms with E-state index in [1.807, 2.05) is 0 Å². The molecule has 0 aromatic heterocycles. The van der Waals surface area contributed by atoms with Crippen LogP contribution in [0.2, 0.25) is 0 Å². The molecule has 0 spiro atoms. The van der Waals surface area contributed by atoms with Gasteiger partial charge in [0, 0.05) is 11.8 Å². The van der Waals surface area contributed by atoms with Gasteiger partial charge in [0.25, 0.3) is 0 Å². The smallest absolute Gasteiger partial charge is 0.426 e. The molecule has 62 valence electrons. The van der Waals surface area contributed by atoms with E-state index >= 15 is 0 Å². The van der Waals surface area contributed by atoms with E-state index in [1.165, 1.54) is 13.2 Å². The van der Waals surface area contributed by atoms with Gasteiger partial charge in [-0.3, -0.25) is 5.41 Å². The van der Waals surface area contributed by atoms with Crippen molar-refractivity contribution in [1.29, 1.82) is 10.8 Å². The first-order chi connectivity index (χ1) is 5.69. The molecule has 0 unspecified atom stereocenters. The zero-order chi connectivity index (χ0) is 9.14. The molecule has 1 rings (SSSR count). The second-order valence-electron chi connectivity index (χ2n) is 1.92. The third kappa shape index (κ3) is 1.40. The summed E-state index contributed by atoms with van der Waals surface area (Å²) in [4.78, 5) is 3.00. The molecule has 0 bridgehead atoms. The molecule has 6 heteroatoms. The van der Waals surface area contributed by atoms with Gasteiger partial charge in [-0.2, -0.15) is 0 Å². The maximum Gasteiger partial charge on any atom is 0.426 e. The number of methoxy groups -OCH3 is 1. The summed E-state index contributed by atoms with van der Waals surface area (Å²) in [5.41, 5.74) is 0.0136. The Morgan fingerprint density at radius 3 is 2.92 bits per heavy atom. The largest absolute Gasteiger partial charge is 0.616 e. The zero-order valence-electron chi connectivity index (χ0n) is 6.20. The highest BCUT2D eigenvalue weighted by atomic mass is 32.2. The standard InChI is InChI=1S/C6H5N3O2S/c1-11-6(10)5-3(7)2-4(9-8)12-5/h2H,1H3,(H-,7,10). The summed E-state index contributed by atoms with van der Waals surface area (Å²) in [7, 11) is 1.23. The molecule has 12 heavy (non-hydrogen) atoms. The van der Waals surface area contributed by atoms with E-state index in [0.29, 0.717) is 0 Å². The van der Waals surface area contributed by atoms with E-state index in [9.17, 15) is 5.11 Å². The monoisotopic (exact) mass is 183 g/mol. The fourth-order valence-corrected chi connectivity index (χ4v) is 1.43. The van der Waals surface area contributed by atoms with E-state index in [1.54, 1.807) is 0 Å². The minimum absolute atomic E-state index is 0.0136. The van der Waals surface area contributed by atoms with Crippen LogP contribution >= 0.6 is 11.8 Å². The van der Waals surface area contributed by atoms with Crippen molar-refractivity contribution in [2.45, 2.75) is 0 Å². The lowest BCUT2D eigenvalue weighted by atomic mass is 10.3. The highest BCUT2D eigenvalue weighted by Crippen LogP contribution is 2.35. The summed E-state index contributed by atoms with van der Waals surface area (Å²) in [5.74, 6) is -0.583. The van der Waals surface area contributed by atoms with Crippen LogP contribution in [0.1, 0.15) is 0 Å². The SMILES string of the molecule is COC([O-])=C1SC([N+]#N)=CC1=N. The molecule has 0 aliphatic carbocycles. The van der Waals surface area contributed by atoms with Crippen LogP contribution in [-0.4, -0.2) is 12.8 Å². The molecule has 0 radical (unpaired) electrons. The van der Waals surface area contributed by atoms with Crippen LogP contribution in [0.5, 0.6) is 0 Å². The number of ether oxygens (including phenoxy) is 1. The number of nitrogens with one attached hydrogen (secondary N) is 1. The molecule has 5 nitrogen and oxygen atoms in total. The highest BCUT2D eigenvalue weighted by molar-refractivity contribution is 8.08. The van der Waals surface area contributed by atoms with Crippen molar-refractivity contribution in [2.24, 2.45) is 0 Å². The minimum Gasteiger partial charge on any atom is -0.616 e. The topological polar surface area (TPSA) is 84.3 Å². The van der Waals surface area contributed by atoms with Crippen molar-refractivity contribution < 1.29 is 9.84 Å². The van der Waals surface area contributed by atoms with Gasteiger partial charge >= 0.3 is 5.03 Å².